The minimum absolute atomic E-state index is 0.155. The van der Waals surface area contributed by atoms with Crippen LogP contribution in [0.25, 0.3) is 22.8 Å². The molecule has 1 heterocycles. The first-order valence-corrected chi connectivity index (χ1v) is 6.41. The van der Waals surface area contributed by atoms with Gasteiger partial charge >= 0.3 is 0 Å². The van der Waals surface area contributed by atoms with Gasteiger partial charge in [0.2, 0.25) is 5.82 Å². The lowest BCUT2D eigenvalue weighted by atomic mass is 10.1. The highest BCUT2D eigenvalue weighted by atomic mass is 35.5. The molecule has 1 N–H and O–H groups in total. The van der Waals surface area contributed by atoms with Crippen molar-refractivity contribution in [1.29, 1.82) is 0 Å². The van der Waals surface area contributed by atoms with E-state index in [2.05, 4.69) is 10.1 Å². The predicted molar refractivity (Wildman–Crippen MR) is 76.6 cm³/mol. The molecule has 3 aromatic rings. The second-order valence-electron chi connectivity index (χ2n) is 4.41. The van der Waals surface area contributed by atoms with Crippen molar-refractivity contribution in [3.8, 4) is 28.6 Å². The van der Waals surface area contributed by atoms with Gasteiger partial charge in [-0.05, 0) is 30.7 Å². The first-order chi connectivity index (χ1) is 9.65. The molecule has 0 spiro atoms. The molecule has 0 atom stereocenters. The van der Waals surface area contributed by atoms with E-state index in [-0.39, 0.29) is 5.75 Å². The summed E-state index contributed by atoms with van der Waals surface area (Å²) in [4.78, 5) is 4.32. The first kappa shape index (κ1) is 12.7. The number of hydrogen-bond acceptors (Lipinski definition) is 4. The Bertz CT molecular complexity index is 768. The van der Waals surface area contributed by atoms with Gasteiger partial charge in [-0.3, -0.25) is 0 Å². The molecule has 0 fully saturated rings. The summed E-state index contributed by atoms with van der Waals surface area (Å²) in [6, 6.07) is 12.3. The zero-order valence-electron chi connectivity index (χ0n) is 10.7. The fraction of sp³-hybridized carbons (Fsp3) is 0.0667. The molecule has 4 nitrogen and oxygen atoms in total. The Morgan fingerprint density at radius 1 is 1.15 bits per heavy atom. The van der Waals surface area contributed by atoms with Crippen LogP contribution in [0.1, 0.15) is 5.56 Å². The molecule has 5 heteroatoms. The van der Waals surface area contributed by atoms with Gasteiger partial charge in [0.1, 0.15) is 5.75 Å². The monoisotopic (exact) mass is 286 g/mol. The standard InChI is InChI=1S/C15H11ClN2O2/c1-9-4-2-7-12(13(9)16)15-17-14(18-20-15)10-5-3-6-11(19)8-10/h2-8,19H,1H3. The van der Waals surface area contributed by atoms with Gasteiger partial charge in [-0.15, -0.1) is 0 Å². The zero-order chi connectivity index (χ0) is 14.1. The minimum Gasteiger partial charge on any atom is -0.508 e. The van der Waals surface area contributed by atoms with Crippen LogP contribution in [-0.2, 0) is 0 Å². The summed E-state index contributed by atoms with van der Waals surface area (Å²) in [7, 11) is 0. The van der Waals surface area contributed by atoms with E-state index in [0.717, 1.165) is 5.56 Å². The van der Waals surface area contributed by atoms with Crippen LogP contribution in [0.15, 0.2) is 47.0 Å². The van der Waals surface area contributed by atoms with Gasteiger partial charge in [0, 0.05) is 5.56 Å². The molecule has 0 radical (unpaired) electrons. The first-order valence-electron chi connectivity index (χ1n) is 6.04. The van der Waals surface area contributed by atoms with Gasteiger partial charge in [0.05, 0.1) is 10.6 Å². The number of rotatable bonds is 2. The highest BCUT2D eigenvalue weighted by Gasteiger charge is 2.14. The zero-order valence-corrected chi connectivity index (χ0v) is 11.4. The van der Waals surface area contributed by atoms with E-state index in [1.807, 2.05) is 25.1 Å². The maximum absolute atomic E-state index is 9.47. The number of phenols is 1. The maximum atomic E-state index is 9.47. The molecule has 0 amide bonds. The van der Waals surface area contributed by atoms with Crippen LogP contribution in [0.5, 0.6) is 5.75 Å². The van der Waals surface area contributed by atoms with Crippen molar-refractivity contribution in [1.82, 2.24) is 10.1 Å². The molecule has 0 aliphatic rings. The van der Waals surface area contributed by atoms with Crippen molar-refractivity contribution in [2.24, 2.45) is 0 Å². The van der Waals surface area contributed by atoms with Gasteiger partial charge < -0.3 is 9.63 Å². The molecular weight excluding hydrogens is 276 g/mol. The summed E-state index contributed by atoms with van der Waals surface area (Å²) in [5, 5.41) is 14.0. The molecule has 0 unspecified atom stereocenters. The van der Waals surface area contributed by atoms with Crippen LogP contribution in [0.2, 0.25) is 5.02 Å². The van der Waals surface area contributed by atoms with E-state index in [0.29, 0.717) is 27.9 Å². The third kappa shape index (κ3) is 2.26. The molecule has 0 saturated carbocycles. The molecule has 0 aliphatic carbocycles. The van der Waals surface area contributed by atoms with Gasteiger partial charge in [-0.25, -0.2) is 0 Å². The lowest BCUT2D eigenvalue weighted by Gasteiger charge is -2.01. The Morgan fingerprint density at radius 2 is 1.95 bits per heavy atom. The predicted octanol–water partition coefficient (Wildman–Crippen LogP) is 4.07. The second kappa shape index (κ2) is 4.98. The molecule has 0 aliphatic heterocycles. The van der Waals surface area contributed by atoms with E-state index in [1.165, 1.54) is 0 Å². The lowest BCUT2D eigenvalue weighted by molar-refractivity contribution is 0.432. The van der Waals surface area contributed by atoms with Gasteiger partial charge in [0.15, 0.2) is 0 Å². The average molecular weight is 287 g/mol. The van der Waals surface area contributed by atoms with Gasteiger partial charge in [-0.2, -0.15) is 4.98 Å². The number of hydrogen-bond donors (Lipinski definition) is 1. The van der Waals surface area contributed by atoms with Gasteiger partial charge in [0.25, 0.3) is 5.89 Å². The van der Waals surface area contributed by atoms with Crippen LogP contribution in [-0.4, -0.2) is 15.2 Å². The number of phenolic OH excluding ortho intramolecular Hbond substituents is 1. The summed E-state index contributed by atoms with van der Waals surface area (Å²) < 4.78 is 5.25. The number of nitrogens with zero attached hydrogens (tertiary/aromatic N) is 2. The third-order valence-electron chi connectivity index (χ3n) is 2.95. The van der Waals surface area contributed by atoms with Crippen molar-refractivity contribution in [3.63, 3.8) is 0 Å². The number of benzene rings is 2. The number of aromatic nitrogens is 2. The van der Waals surface area contributed by atoms with Crippen molar-refractivity contribution in [2.45, 2.75) is 6.92 Å². The van der Waals surface area contributed by atoms with E-state index in [9.17, 15) is 5.11 Å². The summed E-state index contributed by atoms with van der Waals surface area (Å²) in [6.45, 7) is 1.92. The summed E-state index contributed by atoms with van der Waals surface area (Å²) in [6.07, 6.45) is 0. The number of aryl methyl sites for hydroxylation is 1. The summed E-state index contributed by atoms with van der Waals surface area (Å²) >= 11 is 6.24. The molecule has 0 saturated heterocycles. The number of halogens is 1. The largest absolute Gasteiger partial charge is 0.508 e. The Labute approximate surface area is 120 Å². The fourth-order valence-corrected chi connectivity index (χ4v) is 2.11. The summed E-state index contributed by atoms with van der Waals surface area (Å²) in [5.41, 5.74) is 2.33. The third-order valence-corrected chi connectivity index (χ3v) is 3.45. The minimum atomic E-state index is 0.155. The topological polar surface area (TPSA) is 59.2 Å². The molecule has 0 bridgehead atoms. The second-order valence-corrected chi connectivity index (χ2v) is 4.79. The van der Waals surface area contributed by atoms with Crippen LogP contribution in [0, 0.1) is 6.92 Å². The van der Waals surface area contributed by atoms with E-state index < -0.39 is 0 Å². The Kier molecular flexibility index (Phi) is 3.16. The molecule has 20 heavy (non-hydrogen) atoms. The highest BCUT2D eigenvalue weighted by molar-refractivity contribution is 6.33. The van der Waals surface area contributed by atoms with E-state index >= 15 is 0 Å². The van der Waals surface area contributed by atoms with Crippen LogP contribution < -0.4 is 0 Å². The van der Waals surface area contributed by atoms with E-state index in [1.54, 1.807) is 24.3 Å². The molecule has 100 valence electrons. The van der Waals surface area contributed by atoms with Crippen LogP contribution in [0.3, 0.4) is 0 Å². The summed E-state index contributed by atoms with van der Waals surface area (Å²) in [5.74, 6) is 0.924. The normalized spacial score (nSPS) is 10.7. The highest BCUT2D eigenvalue weighted by Crippen LogP contribution is 2.30. The Hall–Kier alpha value is -2.33. The van der Waals surface area contributed by atoms with Crippen molar-refractivity contribution < 1.29 is 9.63 Å². The van der Waals surface area contributed by atoms with Crippen LogP contribution >= 0.6 is 11.6 Å². The van der Waals surface area contributed by atoms with Crippen molar-refractivity contribution in [2.75, 3.05) is 0 Å². The molecule has 2 aromatic carbocycles. The van der Waals surface area contributed by atoms with Crippen molar-refractivity contribution >= 4 is 11.6 Å². The smallest absolute Gasteiger partial charge is 0.259 e. The molecular formula is C15H11ClN2O2. The van der Waals surface area contributed by atoms with Gasteiger partial charge in [-0.1, -0.05) is 41.0 Å². The van der Waals surface area contributed by atoms with Crippen LogP contribution in [0.4, 0.5) is 0 Å². The Balaban J connectivity index is 2.04. The molecule has 1 aromatic heterocycles. The average Bonchev–Trinajstić information content (AvgIpc) is 2.91. The fourth-order valence-electron chi connectivity index (χ4n) is 1.91. The van der Waals surface area contributed by atoms with E-state index in [4.69, 9.17) is 16.1 Å². The van der Waals surface area contributed by atoms with Crippen molar-refractivity contribution in [3.05, 3.63) is 53.1 Å². The number of aromatic hydroxyl groups is 1. The maximum Gasteiger partial charge on any atom is 0.259 e. The Morgan fingerprint density at radius 3 is 2.75 bits per heavy atom. The quantitative estimate of drug-likeness (QED) is 0.771. The lowest BCUT2D eigenvalue weighted by Crippen LogP contribution is -1.84. The SMILES string of the molecule is Cc1cccc(-c2nc(-c3cccc(O)c3)no2)c1Cl. The molecule has 3 rings (SSSR count).